The number of anilines is 1. The molecule has 0 radical (unpaired) electrons. The minimum Gasteiger partial charge on any atom is -0.274 e. The number of sulfonamides is 2. The van der Waals surface area contributed by atoms with E-state index in [1.165, 1.54) is 7.05 Å². The number of nitrogens with zero attached hydrogens (tertiary/aromatic N) is 2. The first kappa shape index (κ1) is 18.7. The van der Waals surface area contributed by atoms with Crippen molar-refractivity contribution in [1.29, 1.82) is 0 Å². The van der Waals surface area contributed by atoms with Crippen molar-refractivity contribution in [2.45, 2.75) is 38.5 Å². The number of hydrogen-bond acceptors (Lipinski definition) is 5. The first-order chi connectivity index (χ1) is 10.9. The second-order valence-electron chi connectivity index (χ2n) is 6.12. The molecule has 0 unspecified atom stereocenters. The fourth-order valence-electron chi connectivity index (χ4n) is 3.19. The molecule has 1 aromatic rings. The monoisotopic (exact) mass is 374 g/mol. The summed E-state index contributed by atoms with van der Waals surface area (Å²) < 4.78 is 51.7. The zero-order chi connectivity index (χ0) is 18.4. The summed E-state index contributed by atoms with van der Waals surface area (Å²) in [7, 11) is -6.17. The van der Waals surface area contributed by atoms with Crippen molar-refractivity contribution >= 4 is 31.6 Å². The molecule has 1 aliphatic rings. The number of rotatable bonds is 4. The zero-order valence-electron chi connectivity index (χ0n) is 14.5. The van der Waals surface area contributed by atoms with E-state index in [9.17, 15) is 21.6 Å². The fourth-order valence-corrected chi connectivity index (χ4v) is 5.70. The van der Waals surface area contributed by atoms with Crippen LogP contribution in [0.2, 0.25) is 0 Å². The Morgan fingerprint density at radius 2 is 1.67 bits per heavy atom. The molecule has 0 N–H and O–H groups in total. The van der Waals surface area contributed by atoms with Gasteiger partial charge in [-0.15, -0.1) is 0 Å². The maximum absolute atomic E-state index is 13.0. The van der Waals surface area contributed by atoms with Gasteiger partial charge in [-0.2, -0.15) is 0 Å². The third-order valence-electron chi connectivity index (χ3n) is 4.25. The molecule has 1 aliphatic heterocycles. The van der Waals surface area contributed by atoms with Crippen LogP contribution in [-0.2, 0) is 24.8 Å². The van der Waals surface area contributed by atoms with Crippen LogP contribution in [0.15, 0.2) is 11.0 Å². The Bertz CT molecular complexity index is 904. The highest BCUT2D eigenvalue weighted by Crippen LogP contribution is 2.35. The molecule has 0 bridgehead atoms. The van der Waals surface area contributed by atoms with Crippen molar-refractivity contribution in [2.24, 2.45) is 0 Å². The summed E-state index contributed by atoms with van der Waals surface area (Å²) in [6.07, 6.45) is 1.77. The van der Waals surface area contributed by atoms with Crippen molar-refractivity contribution in [3.63, 3.8) is 0 Å². The molecule has 1 saturated heterocycles. The SMILES string of the molecule is Cc1cc(C)c(S(=O)(=O)N2CCCC2=O)c(C)c1N(C)S(C)(=O)=O. The molecule has 0 aromatic heterocycles. The van der Waals surface area contributed by atoms with Gasteiger partial charge < -0.3 is 0 Å². The van der Waals surface area contributed by atoms with Gasteiger partial charge in [-0.05, 0) is 43.9 Å². The van der Waals surface area contributed by atoms with Crippen molar-refractivity contribution in [2.75, 3.05) is 24.2 Å². The van der Waals surface area contributed by atoms with Gasteiger partial charge in [0.2, 0.25) is 15.9 Å². The van der Waals surface area contributed by atoms with Gasteiger partial charge in [0.05, 0.1) is 16.8 Å². The Morgan fingerprint density at radius 1 is 1.08 bits per heavy atom. The van der Waals surface area contributed by atoms with E-state index in [4.69, 9.17) is 0 Å². The molecule has 0 saturated carbocycles. The number of aryl methyl sites for hydroxylation is 2. The number of carbonyl (C=O) groups is 1. The van der Waals surface area contributed by atoms with Crippen LogP contribution in [0.4, 0.5) is 5.69 Å². The van der Waals surface area contributed by atoms with Crippen LogP contribution >= 0.6 is 0 Å². The van der Waals surface area contributed by atoms with Crippen molar-refractivity contribution in [3.05, 3.63) is 22.8 Å². The van der Waals surface area contributed by atoms with Crippen LogP contribution in [0.25, 0.3) is 0 Å². The summed E-state index contributed by atoms with van der Waals surface area (Å²) in [5.74, 6) is -0.424. The predicted molar refractivity (Wildman–Crippen MR) is 92.0 cm³/mol. The normalized spacial score (nSPS) is 15.9. The molecule has 9 heteroatoms. The topological polar surface area (TPSA) is 91.8 Å². The first-order valence-corrected chi connectivity index (χ1v) is 10.8. The maximum Gasteiger partial charge on any atom is 0.267 e. The number of carbonyl (C=O) groups excluding carboxylic acids is 1. The summed E-state index contributed by atoms with van der Waals surface area (Å²) in [5, 5.41) is 0. The molecule has 1 heterocycles. The van der Waals surface area contributed by atoms with E-state index >= 15 is 0 Å². The second kappa shape index (κ2) is 6.03. The number of hydrogen-bond donors (Lipinski definition) is 0. The van der Waals surface area contributed by atoms with Crippen molar-refractivity contribution < 1.29 is 21.6 Å². The molecule has 1 aromatic carbocycles. The lowest BCUT2D eigenvalue weighted by Crippen LogP contribution is -2.34. The molecular formula is C15H22N2O5S2. The van der Waals surface area contributed by atoms with Crippen LogP contribution in [0.5, 0.6) is 0 Å². The second-order valence-corrected chi connectivity index (χ2v) is 9.93. The van der Waals surface area contributed by atoms with Gasteiger partial charge in [-0.25, -0.2) is 21.1 Å². The standard InChI is InChI=1S/C15H22N2O5S2/c1-10-9-11(2)15(12(3)14(10)16(4)23(5,19)20)24(21,22)17-8-6-7-13(17)18/h9H,6-8H2,1-5H3. The summed E-state index contributed by atoms with van der Waals surface area (Å²) >= 11 is 0. The van der Waals surface area contributed by atoms with Gasteiger partial charge in [-0.1, -0.05) is 6.07 Å². The average molecular weight is 374 g/mol. The molecule has 0 atom stereocenters. The minimum absolute atomic E-state index is 0.00819. The molecule has 134 valence electrons. The van der Waals surface area contributed by atoms with Gasteiger partial charge in [-0.3, -0.25) is 9.10 Å². The summed E-state index contributed by atoms with van der Waals surface area (Å²) in [4.78, 5) is 11.9. The van der Waals surface area contributed by atoms with E-state index in [0.29, 0.717) is 28.8 Å². The Kier molecular flexibility index (Phi) is 4.71. The third kappa shape index (κ3) is 3.02. The van der Waals surface area contributed by atoms with Crippen LogP contribution in [0, 0.1) is 20.8 Å². The molecular weight excluding hydrogens is 352 g/mol. The predicted octanol–water partition coefficient (Wildman–Crippen LogP) is 1.32. The molecule has 0 aliphatic carbocycles. The van der Waals surface area contributed by atoms with Crippen LogP contribution < -0.4 is 4.31 Å². The highest BCUT2D eigenvalue weighted by Gasteiger charge is 2.36. The average Bonchev–Trinajstić information content (AvgIpc) is 2.83. The lowest BCUT2D eigenvalue weighted by molar-refractivity contribution is -0.123. The van der Waals surface area contributed by atoms with E-state index in [1.54, 1.807) is 26.8 Å². The number of amides is 1. The van der Waals surface area contributed by atoms with Gasteiger partial charge in [0, 0.05) is 20.0 Å². The fraction of sp³-hybridized carbons (Fsp3) is 0.533. The van der Waals surface area contributed by atoms with Gasteiger partial charge >= 0.3 is 0 Å². The van der Waals surface area contributed by atoms with E-state index in [1.807, 2.05) is 0 Å². The van der Waals surface area contributed by atoms with E-state index < -0.39 is 26.0 Å². The number of benzene rings is 1. The van der Waals surface area contributed by atoms with E-state index in [0.717, 1.165) is 14.9 Å². The van der Waals surface area contributed by atoms with E-state index in [-0.39, 0.29) is 17.9 Å². The Morgan fingerprint density at radius 3 is 2.12 bits per heavy atom. The highest BCUT2D eigenvalue weighted by molar-refractivity contribution is 7.92. The lowest BCUT2D eigenvalue weighted by atomic mass is 10.1. The summed E-state index contributed by atoms with van der Waals surface area (Å²) in [6.45, 7) is 5.11. The largest absolute Gasteiger partial charge is 0.274 e. The lowest BCUT2D eigenvalue weighted by Gasteiger charge is -2.26. The minimum atomic E-state index is -4.01. The Hall–Kier alpha value is -1.61. The summed E-state index contributed by atoms with van der Waals surface area (Å²) in [6, 6.07) is 1.64. The van der Waals surface area contributed by atoms with Crippen LogP contribution in [-0.4, -0.2) is 46.9 Å². The van der Waals surface area contributed by atoms with Gasteiger partial charge in [0.15, 0.2) is 0 Å². The molecule has 1 amide bonds. The molecule has 24 heavy (non-hydrogen) atoms. The van der Waals surface area contributed by atoms with E-state index in [2.05, 4.69) is 0 Å². The van der Waals surface area contributed by atoms with Crippen molar-refractivity contribution in [1.82, 2.24) is 4.31 Å². The quantitative estimate of drug-likeness (QED) is 0.792. The zero-order valence-corrected chi connectivity index (χ0v) is 16.1. The maximum atomic E-state index is 13.0. The third-order valence-corrected chi connectivity index (χ3v) is 7.54. The summed E-state index contributed by atoms with van der Waals surface area (Å²) in [5.41, 5.74) is 1.81. The smallest absolute Gasteiger partial charge is 0.267 e. The van der Waals surface area contributed by atoms with Crippen LogP contribution in [0.3, 0.4) is 0 Å². The van der Waals surface area contributed by atoms with Gasteiger partial charge in [0.25, 0.3) is 10.0 Å². The van der Waals surface area contributed by atoms with Gasteiger partial charge in [0.1, 0.15) is 0 Å². The van der Waals surface area contributed by atoms with Crippen molar-refractivity contribution in [3.8, 4) is 0 Å². The Balaban J connectivity index is 2.75. The molecule has 2 rings (SSSR count). The Labute approximate surface area is 143 Å². The first-order valence-electron chi connectivity index (χ1n) is 7.49. The highest BCUT2D eigenvalue weighted by atomic mass is 32.2. The molecule has 7 nitrogen and oxygen atoms in total. The van der Waals surface area contributed by atoms with Crippen LogP contribution in [0.1, 0.15) is 29.5 Å². The molecule has 0 spiro atoms. The molecule has 1 fully saturated rings.